The number of aliphatic hydroxyl groups excluding tert-OH is 1. The van der Waals surface area contributed by atoms with Gasteiger partial charge in [-0.3, -0.25) is 0 Å². The molecule has 1 N–H and O–H groups in total. The van der Waals surface area contributed by atoms with Gasteiger partial charge in [0.05, 0.1) is 12.5 Å². The minimum Gasteiger partial charge on any atom is -0.392 e. The van der Waals surface area contributed by atoms with Gasteiger partial charge in [0.2, 0.25) is 11.7 Å². The largest absolute Gasteiger partial charge is 0.392 e. The summed E-state index contributed by atoms with van der Waals surface area (Å²) in [5.41, 5.74) is 2.11. The van der Waals surface area contributed by atoms with E-state index >= 15 is 0 Å². The quantitative estimate of drug-likeness (QED) is 0.929. The standard InChI is InChI=1S/C16H20N2O2/c1-11-6-2-5-9-13(11)16-17-15(20-18-16)10-14(19)12-7-3-4-8-12/h2,5-6,9,12,14,19H,3-4,7-8,10H2,1H3. The lowest BCUT2D eigenvalue weighted by Crippen LogP contribution is -2.20. The highest BCUT2D eigenvalue weighted by Gasteiger charge is 2.25. The fourth-order valence-corrected chi connectivity index (χ4v) is 2.96. The van der Waals surface area contributed by atoms with Crippen LogP contribution in [0.2, 0.25) is 0 Å². The lowest BCUT2D eigenvalue weighted by Gasteiger charge is -2.14. The third kappa shape index (κ3) is 2.75. The molecule has 3 rings (SSSR count). The summed E-state index contributed by atoms with van der Waals surface area (Å²) < 4.78 is 5.28. The molecule has 1 aromatic carbocycles. The number of benzene rings is 1. The van der Waals surface area contributed by atoms with E-state index in [1.165, 1.54) is 12.8 Å². The molecule has 0 spiro atoms. The van der Waals surface area contributed by atoms with Gasteiger partial charge < -0.3 is 9.63 Å². The van der Waals surface area contributed by atoms with E-state index in [2.05, 4.69) is 10.1 Å². The van der Waals surface area contributed by atoms with E-state index in [4.69, 9.17) is 4.52 Å². The van der Waals surface area contributed by atoms with Crippen molar-refractivity contribution in [2.45, 2.75) is 45.1 Å². The molecule has 1 heterocycles. The summed E-state index contributed by atoms with van der Waals surface area (Å²) in [6.07, 6.45) is 4.77. The molecule has 1 atom stereocenters. The van der Waals surface area contributed by atoms with E-state index in [0.717, 1.165) is 24.0 Å². The monoisotopic (exact) mass is 272 g/mol. The van der Waals surface area contributed by atoms with E-state index in [0.29, 0.717) is 24.1 Å². The lowest BCUT2D eigenvalue weighted by molar-refractivity contribution is 0.102. The zero-order valence-corrected chi connectivity index (χ0v) is 11.7. The Bertz CT molecular complexity index is 573. The molecule has 0 amide bonds. The highest BCUT2D eigenvalue weighted by atomic mass is 16.5. The number of rotatable bonds is 4. The van der Waals surface area contributed by atoms with Crippen LogP contribution in [0.5, 0.6) is 0 Å². The van der Waals surface area contributed by atoms with Crippen LogP contribution < -0.4 is 0 Å². The molecule has 106 valence electrons. The highest BCUT2D eigenvalue weighted by molar-refractivity contribution is 5.58. The zero-order valence-electron chi connectivity index (χ0n) is 11.7. The van der Waals surface area contributed by atoms with E-state index in [1.807, 2.05) is 31.2 Å². The van der Waals surface area contributed by atoms with Gasteiger partial charge in [0.25, 0.3) is 0 Å². The Kier molecular flexibility index (Phi) is 3.83. The molecule has 1 aromatic heterocycles. The second kappa shape index (κ2) is 5.75. The number of aliphatic hydroxyl groups is 1. The predicted molar refractivity (Wildman–Crippen MR) is 76.1 cm³/mol. The number of hydrogen-bond acceptors (Lipinski definition) is 4. The molecule has 1 unspecified atom stereocenters. The molecule has 2 aromatic rings. The van der Waals surface area contributed by atoms with E-state index in [-0.39, 0.29) is 6.10 Å². The van der Waals surface area contributed by atoms with E-state index in [1.54, 1.807) is 0 Å². The summed E-state index contributed by atoms with van der Waals surface area (Å²) in [4.78, 5) is 4.41. The third-order valence-corrected chi connectivity index (χ3v) is 4.18. The summed E-state index contributed by atoms with van der Waals surface area (Å²) in [6, 6.07) is 7.96. The van der Waals surface area contributed by atoms with Crippen molar-refractivity contribution in [2.75, 3.05) is 0 Å². The van der Waals surface area contributed by atoms with Crippen LogP contribution in [-0.2, 0) is 6.42 Å². The van der Waals surface area contributed by atoms with Crippen LogP contribution in [-0.4, -0.2) is 21.4 Å². The molecule has 0 saturated heterocycles. The van der Waals surface area contributed by atoms with E-state index in [9.17, 15) is 5.11 Å². The normalized spacial score (nSPS) is 17.5. The van der Waals surface area contributed by atoms with Gasteiger partial charge in [-0.1, -0.05) is 42.3 Å². The van der Waals surface area contributed by atoms with Crippen molar-refractivity contribution in [1.82, 2.24) is 10.1 Å². The van der Waals surface area contributed by atoms with Crippen molar-refractivity contribution in [3.8, 4) is 11.4 Å². The van der Waals surface area contributed by atoms with Crippen LogP contribution in [0.25, 0.3) is 11.4 Å². The molecular formula is C16H20N2O2. The number of aromatic nitrogens is 2. The second-order valence-corrected chi connectivity index (χ2v) is 5.64. The maximum atomic E-state index is 10.2. The maximum absolute atomic E-state index is 10.2. The maximum Gasteiger partial charge on any atom is 0.229 e. The Hall–Kier alpha value is -1.68. The first-order chi connectivity index (χ1) is 9.74. The Balaban J connectivity index is 1.72. The van der Waals surface area contributed by atoms with Crippen LogP contribution >= 0.6 is 0 Å². The van der Waals surface area contributed by atoms with E-state index < -0.39 is 0 Å². The first kappa shape index (κ1) is 13.3. The number of aryl methyl sites for hydroxylation is 1. The minimum atomic E-state index is -0.359. The summed E-state index contributed by atoms with van der Waals surface area (Å²) in [5, 5.41) is 14.2. The summed E-state index contributed by atoms with van der Waals surface area (Å²) in [6.45, 7) is 2.03. The second-order valence-electron chi connectivity index (χ2n) is 5.64. The Morgan fingerprint density at radius 3 is 2.80 bits per heavy atom. The molecular weight excluding hydrogens is 252 g/mol. The van der Waals surface area contributed by atoms with Crippen LogP contribution in [0.15, 0.2) is 28.8 Å². The minimum absolute atomic E-state index is 0.359. The molecule has 1 aliphatic rings. The Morgan fingerprint density at radius 2 is 2.05 bits per heavy atom. The molecule has 4 nitrogen and oxygen atoms in total. The van der Waals surface area contributed by atoms with Gasteiger partial charge in [-0.25, -0.2) is 0 Å². The molecule has 1 fully saturated rings. The fourth-order valence-electron chi connectivity index (χ4n) is 2.96. The van der Waals surface area contributed by atoms with Gasteiger partial charge >= 0.3 is 0 Å². The third-order valence-electron chi connectivity index (χ3n) is 4.18. The molecule has 1 saturated carbocycles. The molecule has 0 bridgehead atoms. The molecule has 0 aliphatic heterocycles. The Morgan fingerprint density at radius 1 is 1.30 bits per heavy atom. The first-order valence-corrected chi connectivity index (χ1v) is 7.30. The predicted octanol–water partition coefficient (Wildman–Crippen LogP) is 3.14. The lowest BCUT2D eigenvalue weighted by atomic mass is 9.98. The van der Waals surface area contributed by atoms with Crippen LogP contribution in [0.3, 0.4) is 0 Å². The van der Waals surface area contributed by atoms with Crippen molar-refractivity contribution in [3.63, 3.8) is 0 Å². The van der Waals surface area contributed by atoms with Gasteiger partial charge in [-0.15, -0.1) is 0 Å². The van der Waals surface area contributed by atoms with Crippen molar-refractivity contribution in [3.05, 3.63) is 35.7 Å². The Labute approximate surface area is 118 Å². The zero-order chi connectivity index (χ0) is 13.9. The SMILES string of the molecule is Cc1ccccc1-c1noc(CC(O)C2CCCC2)n1. The molecule has 0 radical (unpaired) electrons. The van der Waals surface area contributed by atoms with Crippen LogP contribution in [0, 0.1) is 12.8 Å². The van der Waals surface area contributed by atoms with Crippen LogP contribution in [0.4, 0.5) is 0 Å². The summed E-state index contributed by atoms with van der Waals surface area (Å²) in [5.74, 6) is 1.53. The molecule has 1 aliphatic carbocycles. The van der Waals surface area contributed by atoms with Crippen molar-refractivity contribution >= 4 is 0 Å². The van der Waals surface area contributed by atoms with Gasteiger partial charge in [0.15, 0.2) is 0 Å². The average Bonchev–Trinajstić information content (AvgIpc) is 3.10. The van der Waals surface area contributed by atoms with Crippen molar-refractivity contribution in [2.24, 2.45) is 5.92 Å². The summed E-state index contributed by atoms with van der Waals surface area (Å²) >= 11 is 0. The molecule has 20 heavy (non-hydrogen) atoms. The topological polar surface area (TPSA) is 59.2 Å². The number of nitrogens with zero attached hydrogens (tertiary/aromatic N) is 2. The average molecular weight is 272 g/mol. The van der Waals surface area contributed by atoms with Crippen molar-refractivity contribution < 1.29 is 9.63 Å². The fraction of sp³-hybridized carbons (Fsp3) is 0.500. The smallest absolute Gasteiger partial charge is 0.229 e. The number of hydrogen-bond donors (Lipinski definition) is 1. The van der Waals surface area contributed by atoms with Crippen molar-refractivity contribution in [1.29, 1.82) is 0 Å². The highest BCUT2D eigenvalue weighted by Crippen LogP contribution is 2.29. The van der Waals surface area contributed by atoms with Gasteiger partial charge in [0, 0.05) is 5.56 Å². The summed E-state index contributed by atoms with van der Waals surface area (Å²) in [7, 11) is 0. The van der Waals surface area contributed by atoms with Crippen LogP contribution in [0.1, 0.15) is 37.1 Å². The van der Waals surface area contributed by atoms with Gasteiger partial charge in [-0.05, 0) is 31.2 Å². The van der Waals surface area contributed by atoms with Gasteiger partial charge in [-0.2, -0.15) is 4.98 Å². The first-order valence-electron chi connectivity index (χ1n) is 7.30. The van der Waals surface area contributed by atoms with Gasteiger partial charge in [0.1, 0.15) is 0 Å². The molecule has 4 heteroatoms.